The van der Waals surface area contributed by atoms with E-state index >= 15 is 0 Å². The van der Waals surface area contributed by atoms with Crippen molar-refractivity contribution >= 4 is 12.3 Å². The van der Waals surface area contributed by atoms with Gasteiger partial charge in [0.15, 0.2) is 0 Å². The van der Waals surface area contributed by atoms with Gasteiger partial charge >= 0.3 is 12.3 Å². The minimum atomic E-state index is -1.63. The third-order valence-electron chi connectivity index (χ3n) is 2.39. The predicted octanol–water partition coefficient (Wildman–Crippen LogP) is 3.96. The van der Waals surface area contributed by atoms with Crippen molar-refractivity contribution in [1.82, 2.24) is 0 Å². The second-order valence-corrected chi connectivity index (χ2v) is 3.94. The summed E-state index contributed by atoms with van der Waals surface area (Å²) in [6, 6.07) is 0. The molecule has 0 aromatic carbocycles. The average Bonchev–Trinajstić information content (AvgIpc) is 2.26. The summed E-state index contributed by atoms with van der Waals surface area (Å²) in [5, 5.41) is 8.10. The summed E-state index contributed by atoms with van der Waals surface area (Å²) in [5.74, 6) is 0. The molecule has 5 heteroatoms. The van der Waals surface area contributed by atoms with Crippen molar-refractivity contribution in [3.05, 3.63) is 0 Å². The molecule has 100 valence electrons. The predicted molar refractivity (Wildman–Crippen MR) is 63.1 cm³/mol. The van der Waals surface area contributed by atoms with E-state index in [4.69, 9.17) is 5.11 Å². The first-order valence-electron chi connectivity index (χ1n) is 6.24. The smallest absolute Gasteiger partial charge is 0.449 e. The number of carbonyl (C=O) groups excluding carboxylic acids is 1. The van der Waals surface area contributed by atoms with E-state index in [2.05, 4.69) is 16.4 Å². The summed E-state index contributed by atoms with van der Waals surface area (Å²) in [6.45, 7) is 2.41. The van der Waals surface area contributed by atoms with Gasteiger partial charge in [0.2, 0.25) is 0 Å². The van der Waals surface area contributed by atoms with Crippen LogP contribution in [0.1, 0.15) is 58.3 Å². The zero-order chi connectivity index (χ0) is 12.9. The first kappa shape index (κ1) is 15.7. The van der Waals surface area contributed by atoms with Crippen molar-refractivity contribution in [2.45, 2.75) is 58.3 Å². The number of carboxylic acid groups (broad SMARTS) is 1. The van der Waals surface area contributed by atoms with E-state index in [1.54, 1.807) is 0 Å². The highest BCUT2D eigenvalue weighted by Crippen LogP contribution is 2.08. The Hall–Kier alpha value is -1.26. The molecule has 0 rings (SSSR count). The van der Waals surface area contributed by atoms with Crippen LogP contribution in [0.25, 0.3) is 0 Å². The van der Waals surface area contributed by atoms with E-state index in [0.717, 1.165) is 19.3 Å². The fourth-order valence-corrected chi connectivity index (χ4v) is 1.49. The molecule has 17 heavy (non-hydrogen) atoms. The highest BCUT2D eigenvalue weighted by Gasteiger charge is 2.08. The molecule has 0 fully saturated rings. The number of carbonyl (C=O) groups is 2. The molecule has 0 aliphatic heterocycles. The molecule has 0 spiro atoms. The van der Waals surface area contributed by atoms with Crippen molar-refractivity contribution in [2.75, 3.05) is 6.61 Å². The van der Waals surface area contributed by atoms with Crippen LogP contribution in [0.5, 0.6) is 0 Å². The van der Waals surface area contributed by atoms with Crippen LogP contribution in [0.2, 0.25) is 0 Å². The fraction of sp³-hybridized carbons (Fsp3) is 0.833. The molecule has 0 aliphatic carbocycles. The largest absolute Gasteiger partial charge is 0.518 e. The lowest BCUT2D eigenvalue weighted by Crippen LogP contribution is -2.12. The Bertz CT molecular complexity index is 215. The number of ether oxygens (including phenoxy) is 2. The summed E-state index contributed by atoms with van der Waals surface area (Å²) in [7, 11) is 0. The molecular weight excluding hydrogens is 224 g/mol. The molecule has 0 aromatic rings. The summed E-state index contributed by atoms with van der Waals surface area (Å²) < 4.78 is 8.33. The van der Waals surface area contributed by atoms with Crippen LogP contribution in [-0.4, -0.2) is 24.0 Å². The molecule has 5 nitrogen and oxygen atoms in total. The second-order valence-electron chi connectivity index (χ2n) is 3.94. The molecule has 0 bridgehead atoms. The monoisotopic (exact) mass is 246 g/mol. The van der Waals surface area contributed by atoms with Gasteiger partial charge in [-0.1, -0.05) is 51.9 Å². The van der Waals surface area contributed by atoms with Crippen molar-refractivity contribution in [1.29, 1.82) is 0 Å². The molecule has 0 aromatic heterocycles. The number of rotatable bonds is 9. The Kier molecular flexibility index (Phi) is 10.4. The lowest BCUT2D eigenvalue weighted by molar-refractivity contribution is 0.0537. The first-order chi connectivity index (χ1) is 8.16. The van der Waals surface area contributed by atoms with E-state index in [9.17, 15) is 9.59 Å². The van der Waals surface area contributed by atoms with Gasteiger partial charge in [0.1, 0.15) is 0 Å². The van der Waals surface area contributed by atoms with Crippen LogP contribution in [0.15, 0.2) is 0 Å². The van der Waals surface area contributed by atoms with E-state index < -0.39 is 12.3 Å². The SMILES string of the molecule is CCCCCCCCCCOC(=O)OC(=O)O. The summed E-state index contributed by atoms with van der Waals surface area (Å²) in [6.07, 6.45) is 6.40. The molecule has 0 radical (unpaired) electrons. The van der Waals surface area contributed by atoms with Crippen molar-refractivity contribution in [3.63, 3.8) is 0 Å². The van der Waals surface area contributed by atoms with Gasteiger partial charge in [0.05, 0.1) is 6.61 Å². The summed E-state index contributed by atoms with van der Waals surface area (Å²) in [5.41, 5.74) is 0. The minimum absolute atomic E-state index is 0.223. The summed E-state index contributed by atoms with van der Waals surface area (Å²) >= 11 is 0. The highest BCUT2D eigenvalue weighted by molar-refractivity contribution is 5.75. The molecule has 1 N–H and O–H groups in total. The molecule has 0 heterocycles. The zero-order valence-electron chi connectivity index (χ0n) is 10.4. The number of hydrogen-bond donors (Lipinski definition) is 1. The van der Waals surface area contributed by atoms with E-state index in [0.29, 0.717) is 0 Å². The van der Waals surface area contributed by atoms with E-state index in [-0.39, 0.29) is 6.61 Å². The van der Waals surface area contributed by atoms with Crippen LogP contribution >= 0.6 is 0 Å². The third-order valence-corrected chi connectivity index (χ3v) is 2.39. The Labute approximate surface area is 102 Å². The standard InChI is InChI=1S/C12H22O5/c1-2-3-4-5-6-7-8-9-10-16-12(15)17-11(13)14/h2-10H2,1H3,(H,13,14). The molecule has 0 unspecified atom stereocenters. The normalized spacial score (nSPS) is 9.94. The van der Waals surface area contributed by atoms with E-state index in [1.807, 2.05) is 0 Å². The van der Waals surface area contributed by atoms with Crippen molar-refractivity contribution in [2.24, 2.45) is 0 Å². The third kappa shape index (κ3) is 12.7. The van der Waals surface area contributed by atoms with Gasteiger partial charge in [-0.3, -0.25) is 0 Å². The lowest BCUT2D eigenvalue weighted by Gasteiger charge is -2.03. The Morgan fingerprint density at radius 3 is 2.00 bits per heavy atom. The van der Waals surface area contributed by atoms with Crippen LogP contribution in [-0.2, 0) is 9.47 Å². The zero-order valence-corrected chi connectivity index (χ0v) is 10.4. The Morgan fingerprint density at radius 1 is 0.941 bits per heavy atom. The maximum atomic E-state index is 10.6. The van der Waals surface area contributed by atoms with Crippen LogP contribution in [0, 0.1) is 0 Å². The lowest BCUT2D eigenvalue weighted by atomic mass is 10.1. The van der Waals surface area contributed by atoms with Crippen LogP contribution in [0.4, 0.5) is 9.59 Å². The van der Waals surface area contributed by atoms with Crippen LogP contribution in [0.3, 0.4) is 0 Å². The van der Waals surface area contributed by atoms with Gasteiger partial charge < -0.3 is 14.6 Å². The maximum absolute atomic E-state index is 10.6. The van der Waals surface area contributed by atoms with Gasteiger partial charge in [-0.25, -0.2) is 9.59 Å². The van der Waals surface area contributed by atoms with Gasteiger partial charge in [0.25, 0.3) is 0 Å². The Morgan fingerprint density at radius 2 is 1.47 bits per heavy atom. The minimum Gasteiger partial charge on any atom is -0.449 e. The summed E-state index contributed by atoms with van der Waals surface area (Å²) in [4.78, 5) is 20.6. The fourth-order valence-electron chi connectivity index (χ4n) is 1.49. The molecule has 0 amide bonds. The molecular formula is C12H22O5. The molecule has 0 atom stereocenters. The first-order valence-corrected chi connectivity index (χ1v) is 6.24. The van der Waals surface area contributed by atoms with Gasteiger partial charge in [-0.2, -0.15) is 0 Å². The molecule has 0 saturated heterocycles. The number of unbranched alkanes of at least 4 members (excludes halogenated alkanes) is 7. The highest BCUT2D eigenvalue weighted by atomic mass is 16.8. The van der Waals surface area contributed by atoms with Gasteiger partial charge in [-0.05, 0) is 6.42 Å². The maximum Gasteiger partial charge on any atom is 0.518 e. The quantitative estimate of drug-likeness (QED) is 0.378. The van der Waals surface area contributed by atoms with Gasteiger partial charge in [-0.15, -0.1) is 0 Å². The van der Waals surface area contributed by atoms with Crippen LogP contribution < -0.4 is 0 Å². The average molecular weight is 246 g/mol. The molecule has 0 saturated carbocycles. The number of hydrogen-bond acceptors (Lipinski definition) is 4. The van der Waals surface area contributed by atoms with Crippen molar-refractivity contribution < 1.29 is 24.2 Å². The second kappa shape index (κ2) is 11.2. The molecule has 0 aliphatic rings. The van der Waals surface area contributed by atoms with Gasteiger partial charge in [0, 0.05) is 0 Å². The van der Waals surface area contributed by atoms with Crippen molar-refractivity contribution in [3.8, 4) is 0 Å². The topological polar surface area (TPSA) is 72.8 Å². The Balaban J connectivity index is 3.13. The van der Waals surface area contributed by atoms with E-state index in [1.165, 1.54) is 32.1 Å².